The van der Waals surface area contributed by atoms with Gasteiger partial charge in [0.2, 0.25) is 0 Å². The molecule has 0 bridgehead atoms. The molecule has 2 rings (SSSR count). The molecule has 0 saturated carbocycles. The fourth-order valence-corrected chi connectivity index (χ4v) is 2.00. The highest BCUT2D eigenvalue weighted by molar-refractivity contribution is 5.76. The van der Waals surface area contributed by atoms with Gasteiger partial charge in [0.25, 0.3) is 0 Å². The number of aryl methyl sites for hydroxylation is 1. The first-order valence-corrected chi connectivity index (χ1v) is 5.84. The maximum atomic E-state index is 13.3. The van der Waals surface area contributed by atoms with Crippen molar-refractivity contribution in [2.45, 2.75) is 32.9 Å². The Morgan fingerprint density at radius 3 is 2.71 bits per heavy atom. The maximum absolute atomic E-state index is 13.3. The van der Waals surface area contributed by atoms with Crippen molar-refractivity contribution >= 4 is 11.0 Å². The van der Waals surface area contributed by atoms with Crippen LogP contribution in [0.4, 0.5) is 4.39 Å². The van der Waals surface area contributed by atoms with Gasteiger partial charge in [-0.15, -0.1) is 0 Å². The van der Waals surface area contributed by atoms with Gasteiger partial charge in [0.1, 0.15) is 11.6 Å². The third kappa shape index (κ3) is 1.93. The van der Waals surface area contributed by atoms with Gasteiger partial charge in [0.05, 0.1) is 16.6 Å². The lowest BCUT2D eigenvalue weighted by Crippen LogP contribution is -2.36. The van der Waals surface area contributed by atoms with Gasteiger partial charge in [0.15, 0.2) is 0 Å². The lowest BCUT2D eigenvalue weighted by atomic mass is 10.1. The van der Waals surface area contributed by atoms with Gasteiger partial charge in [-0.1, -0.05) is 0 Å². The molecule has 0 aliphatic heterocycles. The molecule has 17 heavy (non-hydrogen) atoms. The van der Waals surface area contributed by atoms with Crippen LogP contribution in [-0.2, 0) is 12.1 Å². The number of fused-ring (bicyclic) bond motifs is 1. The van der Waals surface area contributed by atoms with Crippen molar-refractivity contribution in [3.05, 3.63) is 29.8 Å². The fraction of sp³-hybridized carbons (Fsp3) is 0.462. The number of rotatable bonds is 3. The first-order chi connectivity index (χ1) is 7.99. The molecule has 0 amide bonds. The zero-order valence-electron chi connectivity index (χ0n) is 10.7. The fourth-order valence-electron chi connectivity index (χ4n) is 2.00. The summed E-state index contributed by atoms with van der Waals surface area (Å²) >= 11 is 0. The second-order valence-corrected chi connectivity index (χ2v) is 4.69. The van der Waals surface area contributed by atoms with Crippen molar-refractivity contribution in [2.75, 3.05) is 7.05 Å². The monoisotopic (exact) mass is 235 g/mol. The lowest BCUT2D eigenvalue weighted by molar-refractivity contribution is 0.400. The van der Waals surface area contributed by atoms with Crippen molar-refractivity contribution in [2.24, 2.45) is 0 Å². The summed E-state index contributed by atoms with van der Waals surface area (Å²) in [4.78, 5) is 4.60. The summed E-state index contributed by atoms with van der Waals surface area (Å²) in [6.45, 7) is 6.95. The molecule has 0 spiro atoms. The summed E-state index contributed by atoms with van der Waals surface area (Å²) in [5.74, 6) is 0.712. The first kappa shape index (κ1) is 12.0. The van der Waals surface area contributed by atoms with Crippen LogP contribution < -0.4 is 5.32 Å². The van der Waals surface area contributed by atoms with Crippen LogP contribution in [0.5, 0.6) is 0 Å². The summed E-state index contributed by atoms with van der Waals surface area (Å²) in [6.07, 6.45) is 0. The van der Waals surface area contributed by atoms with E-state index in [2.05, 4.69) is 28.7 Å². The smallest absolute Gasteiger partial charge is 0.129 e. The molecule has 0 unspecified atom stereocenters. The summed E-state index contributed by atoms with van der Waals surface area (Å²) in [5, 5.41) is 3.23. The van der Waals surface area contributed by atoms with Gasteiger partial charge in [0, 0.05) is 6.54 Å². The van der Waals surface area contributed by atoms with Crippen LogP contribution in [0.3, 0.4) is 0 Å². The number of hydrogen-bond donors (Lipinski definition) is 1. The molecule has 1 aromatic heterocycles. The van der Waals surface area contributed by atoms with Gasteiger partial charge >= 0.3 is 0 Å². The molecular weight excluding hydrogens is 217 g/mol. The van der Waals surface area contributed by atoms with Crippen LogP contribution in [0.15, 0.2) is 18.2 Å². The molecule has 1 aromatic carbocycles. The molecule has 0 saturated heterocycles. The Kier molecular flexibility index (Phi) is 2.91. The van der Waals surface area contributed by atoms with Crippen LogP contribution in [-0.4, -0.2) is 16.6 Å². The van der Waals surface area contributed by atoms with E-state index in [1.54, 1.807) is 12.1 Å². The second-order valence-electron chi connectivity index (χ2n) is 4.69. The predicted molar refractivity (Wildman–Crippen MR) is 67.5 cm³/mol. The van der Waals surface area contributed by atoms with Crippen molar-refractivity contribution in [1.29, 1.82) is 0 Å². The van der Waals surface area contributed by atoms with Crippen LogP contribution in [0.1, 0.15) is 26.6 Å². The summed E-state index contributed by atoms with van der Waals surface area (Å²) < 4.78 is 15.3. The minimum Gasteiger partial charge on any atom is -0.327 e. The van der Waals surface area contributed by atoms with E-state index >= 15 is 0 Å². The quantitative estimate of drug-likeness (QED) is 0.886. The average molecular weight is 235 g/mol. The van der Waals surface area contributed by atoms with Crippen molar-refractivity contribution in [3.63, 3.8) is 0 Å². The Balaban J connectivity index is 2.73. The number of imidazole rings is 1. The van der Waals surface area contributed by atoms with Gasteiger partial charge in [-0.05, 0) is 46.0 Å². The van der Waals surface area contributed by atoms with Gasteiger partial charge < -0.3 is 9.88 Å². The van der Waals surface area contributed by atoms with Crippen LogP contribution in [0.2, 0.25) is 0 Å². The van der Waals surface area contributed by atoms with E-state index < -0.39 is 0 Å². The number of nitrogens with zero attached hydrogens (tertiary/aromatic N) is 2. The molecule has 1 N–H and O–H groups in total. The molecule has 0 atom stereocenters. The molecule has 4 heteroatoms. The highest BCUT2D eigenvalue weighted by Gasteiger charge is 2.25. The zero-order chi connectivity index (χ0) is 12.6. The third-order valence-electron chi connectivity index (χ3n) is 3.21. The minimum atomic E-state index is -0.231. The van der Waals surface area contributed by atoms with E-state index in [4.69, 9.17) is 0 Å². The molecule has 92 valence electrons. The van der Waals surface area contributed by atoms with E-state index in [9.17, 15) is 4.39 Å². The maximum Gasteiger partial charge on any atom is 0.129 e. The summed E-state index contributed by atoms with van der Waals surface area (Å²) in [5.41, 5.74) is 1.46. The highest BCUT2D eigenvalue weighted by Crippen LogP contribution is 2.25. The Morgan fingerprint density at radius 1 is 1.41 bits per heavy atom. The zero-order valence-corrected chi connectivity index (χ0v) is 10.7. The SMILES string of the molecule is CCn1c(C(C)(C)NC)nc2ccc(F)cc21. The normalized spacial score (nSPS) is 12.3. The lowest BCUT2D eigenvalue weighted by Gasteiger charge is -2.24. The van der Waals surface area contributed by atoms with E-state index in [0.717, 1.165) is 23.4 Å². The van der Waals surface area contributed by atoms with Gasteiger partial charge in [-0.25, -0.2) is 9.37 Å². The standard InChI is InChI=1S/C13H18FN3/c1-5-17-11-8-9(14)6-7-10(11)16-12(17)13(2,3)15-4/h6-8,15H,5H2,1-4H3. The average Bonchev–Trinajstić information content (AvgIpc) is 2.67. The number of aromatic nitrogens is 2. The van der Waals surface area contributed by atoms with Gasteiger partial charge in [-0.2, -0.15) is 0 Å². The minimum absolute atomic E-state index is 0.221. The van der Waals surface area contributed by atoms with E-state index in [-0.39, 0.29) is 11.4 Å². The number of benzene rings is 1. The molecule has 0 aliphatic carbocycles. The number of nitrogens with one attached hydrogen (secondary N) is 1. The predicted octanol–water partition coefficient (Wildman–Crippen LogP) is 2.65. The van der Waals surface area contributed by atoms with Crippen LogP contribution >= 0.6 is 0 Å². The van der Waals surface area contributed by atoms with Crippen LogP contribution in [0.25, 0.3) is 11.0 Å². The molecule has 1 heterocycles. The van der Waals surface area contributed by atoms with E-state index in [0.29, 0.717) is 0 Å². The second kappa shape index (κ2) is 4.11. The Morgan fingerprint density at radius 2 is 2.12 bits per heavy atom. The largest absolute Gasteiger partial charge is 0.327 e. The Labute approximate surface area is 101 Å². The Bertz CT molecular complexity index is 543. The van der Waals surface area contributed by atoms with Crippen molar-refractivity contribution in [1.82, 2.24) is 14.9 Å². The van der Waals surface area contributed by atoms with Crippen molar-refractivity contribution in [3.8, 4) is 0 Å². The number of hydrogen-bond acceptors (Lipinski definition) is 2. The summed E-state index contributed by atoms with van der Waals surface area (Å²) in [7, 11) is 1.90. The molecule has 0 aliphatic rings. The summed E-state index contributed by atoms with van der Waals surface area (Å²) in [6, 6.07) is 4.72. The molecular formula is C13H18FN3. The first-order valence-electron chi connectivity index (χ1n) is 5.84. The molecule has 0 fully saturated rings. The topological polar surface area (TPSA) is 29.9 Å². The van der Waals surface area contributed by atoms with Crippen LogP contribution in [0, 0.1) is 5.82 Å². The molecule has 3 nitrogen and oxygen atoms in total. The van der Waals surface area contributed by atoms with Gasteiger partial charge in [-0.3, -0.25) is 0 Å². The molecule has 0 radical (unpaired) electrons. The number of halogens is 1. The Hall–Kier alpha value is -1.42. The van der Waals surface area contributed by atoms with Crippen molar-refractivity contribution < 1.29 is 4.39 Å². The third-order valence-corrected chi connectivity index (χ3v) is 3.21. The van der Waals surface area contributed by atoms with E-state index in [1.807, 2.05) is 14.0 Å². The molecule has 2 aromatic rings. The van der Waals surface area contributed by atoms with E-state index in [1.165, 1.54) is 6.07 Å². The highest BCUT2D eigenvalue weighted by atomic mass is 19.1.